The average molecular weight is 379 g/mol. The molecular formula is C22H25N3O3. The minimum atomic E-state index is -0.589. The third-order valence-corrected chi connectivity index (χ3v) is 5.32. The van der Waals surface area contributed by atoms with E-state index in [0.717, 1.165) is 22.7 Å². The summed E-state index contributed by atoms with van der Waals surface area (Å²) in [5, 5.41) is 0. The zero-order chi connectivity index (χ0) is 19.6. The molecule has 2 heterocycles. The van der Waals surface area contributed by atoms with Crippen LogP contribution in [-0.4, -0.2) is 42.1 Å². The molecule has 6 nitrogen and oxygen atoms in total. The lowest BCUT2D eigenvalue weighted by Gasteiger charge is -2.35. The molecule has 0 bridgehead atoms. The van der Waals surface area contributed by atoms with Crippen molar-refractivity contribution in [1.29, 1.82) is 0 Å². The fraction of sp³-hybridized carbons (Fsp3) is 0.364. The van der Waals surface area contributed by atoms with Crippen molar-refractivity contribution < 1.29 is 14.4 Å². The minimum Gasteiger partial charge on any atom is -0.484 e. The molecule has 0 atom stereocenters. The second-order valence-corrected chi connectivity index (χ2v) is 7.41. The number of hydrogen-bond acceptors (Lipinski definition) is 5. The molecule has 2 aromatic carbocycles. The maximum absolute atomic E-state index is 12.5. The van der Waals surface area contributed by atoms with E-state index in [4.69, 9.17) is 14.6 Å². The highest BCUT2D eigenvalue weighted by Crippen LogP contribution is 2.31. The van der Waals surface area contributed by atoms with Gasteiger partial charge < -0.3 is 9.64 Å². The molecule has 1 N–H and O–H groups in total. The predicted octanol–water partition coefficient (Wildman–Crippen LogP) is 2.98. The number of benzene rings is 2. The van der Waals surface area contributed by atoms with Crippen LogP contribution in [0.25, 0.3) is 0 Å². The van der Waals surface area contributed by atoms with E-state index in [1.807, 2.05) is 48.2 Å². The molecule has 0 aliphatic carbocycles. The number of nitrogens with zero attached hydrogens (tertiary/aromatic N) is 2. The Morgan fingerprint density at radius 3 is 2.57 bits per heavy atom. The quantitative estimate of drug-likeness (QED) is 0.887. The van der Waals surface area contributed by atoms with Gasteiger partial charge in [0.05, 0.1) is 0 Å². The summed E-state index contributed by atoms with van der Waals surface area (Å²) in [6.07, 6.45) is 1.32. The van der Waals surface area contributed by atoms with Gasteiger partial charge in [-0.15, -0.1) is 0 Å². The number of ether oxygens (including phenoxy) is 1. The molecule has 0 radical (unpaired) electrons. The largest absolute Gasteiger partial charge is 0.484 e. The van der Waals surface area contributed by atoms with Gasteiger partial charge in [0.2, 0.25) is 0 Å². The number of aliphatic imine (C=N–C) groups is 1. The van der Waals surface area contributed by atoms with Crippen molar-refractivity contribution in [3.05, 3.63) is 65.2 Å². The smallest absolute Gasteiger partial charge is 0.260 e. The molecule has 4 rings (SSSR count). The average Bonchev–Trinajstić information content (AvgIpc) is 3.12. The molecule has 2 aromatic rings. The molecule has 1 saturated heterocycles. The maximum atomic E-state index is 12.5. The van der Waals surface area contributed by atoms with Gasteiger partial charge >= 0.3 is 0 Å². The number of amidine groups is 1. The zero-order valence-electron chi connectivity index (χ0n) is 16.3. The number of amides is 1. The van der Waals surface area contributed by atoms with Crippen LogP contribution in [-0.2, 0) is 9.63 Å². The third-order valence-electron chi connectivity index (χ3n) is 5.32. The second kappa shape index (κ2) is 7.64. The number of nitrogens with one attached hydrogen (secondary N) is 1. The van der Waals surface area contributed by atoms with Gasteiger partial charge in [-0.05, 0) is 25.5 Å². The van der Waals surface area contributed by atoms with E-state index in [-0.39, 0.29) is 12.5 Å². The number of aryl methyl sites for hydroxylation is 2. The standard InChI is InChI=1S/C22H25N3O3/c1-16-7-9-18(10-8-16)21-23-22(28-24-21)11-13-25(14-12-22)20(26)15-27-19-6-4-3-5-17(19)2/h3-10H,11-15H2,1-2H3,(H,23,24). The van der Waals surface area contributed by atoms with Crippen molar-refractivity contribution in [3.8, 4) is 5.75 Å². The monoisotopic (exact) mass is 379 g/mol. The van der Waals surface area contributed by atoms with Crippen molar-refractivity contribution in [2.45, 2.75) is 32.4 Å². The summed E-state index contributed by atoms with van der Waals surface area (Å²) < 4.78 is 5.69. The fourth-order valence-corrected chi connectivity index (χ4v) is 3.50. The van der Waals surface area contributed by atoms with Crippen molar-refractivity contribution in [3.63, 3.8) is 0 Å². The van der Waals surface area contributed by atoms with E-state index in [0.29, 0.717) is 25.9 Å². The molecule has 2 aliphatic rings. The van der Waals surface area contributed by atoms with Gasteiger partial charge in [-0.2, -0.15) is 0 Å². The number of carbonyl (C=O) groups excluding carboxylic acids is 1. The normalized spacial score (nSPS) is 17.9. The minimum absolute atomic E-state index is 0.00760. The molecule has 1 spiro atoms. The number of hydrogen-bond donors (Lipinski definition) is 1. The second-order valence-electron chi connectivity index (χ2n) is 7.41. The Bertz CT molecular complexity index is 884. The van der Waals surface area contributed by atoms with Gasteiger partial charge in [0.15, 0.2) is 18.2 Å². The van der Waals surface area contributed by atoms with Crippen molar-refractivity contribution in [2.75, 3.05) is 19.7 Å². The van der Waals surface area contributed by atoms with Crippen LogP contribution >= 0.6 is 0 Å². The van der Waals surface area contributed by atoms with Crippen LogP contribution < -0.4 is 10.2 Å². The number of carbonyl (C=O) groups is 1. The Balaban J connectivity index is 1.33. The van der Waals surface area contributed by atoms with Gasteiger partial charge in [-0.3, -0.25) is 4.79 Å². The first kappa shape index (κ1) is 18.5. The molecule has 0 aromatic heterocycles. The predicted molar refractivity (Wildman–Crippen MR) is 107 cm³/mol. The van der Waals surface area contributed by atoms with Crippen LogP contribution in [0.15, 0.2) is 53.5 Å². The maximum Gasteiger partial charge on any atom is 0.260 e. The van der Waals surface area contributed by atoms with Gasteiger partial charge in [0, 0.05) is 31.5 Å². The van der Waals surface area contributed by atoms with E-state index >= 15 is 0 Å². The fourth-order valence-electron chi connectivity index (χ4n) is 3.50. The summed E-state index contributed by atoms with van der Waals surface area (Å²) in [5.74, 6) is 1.49. The first-order valence-corrected chi connectivity index (χ1v) is 9.62. The van der Waals surface area contributed by atoms with Crippen LogP contribution in [0.2, 0.25) is 0 Å². The highest BCUT2D eigenvalue weighted by Gasteiger charge is 2.41. The zero-order valence-corrected chi connectivity index (χ0v) is 16.3. The summed E-state index contributed by atoms with van der Waals surface area (Å²) in [7, 11) is 0. The molecule has 6 heteroatoms. The highest BCUT2D eigenvalue weighted by molar-refractivity contribution is 5.99. The van der Waals surface area contributed by atoms with Gasteiger partial charge in [0.25, 0.3) is 5.91 Å². The van der Waals surface area contributed by atoms with Crippen molar-refractivity contribution in [1.82, 2.24) is 10.4 Å². The van der Waals surface area contributed by atoms with Crippen LogP contribution in [0.5, 0.6) is 5.75 Å². The highest BCUT2D eigenvalue weighted by atomic mass is 16.7. The summed E-state index contributed by atoms with van der Waals surface area (Å²) in [6.45, 7) is 5.28. The topological polar surface area (TPSA) is 63.2 Å². The lowest BCUT2D eigenvalue weighted by molar-refractivity contribution is -0.141. The number of piperidine rings is 1. The van der Waals surface area contributed by atoms with Crippen LogP contribution in [0.3, 0.4) is 0 Å². The van der Waals surface area contributed by atoms with Gasteiger partial charge in [-0.25, -0.2) is 15.3 Å². The van der Waals surface area contributed by atoms with Gasteiger partial charge in [0.1, 0.15) is 5.75 Å². The van der Waals surface area contributed by atoms with E-state index in [1.54, 1.807) is 0 Å². The SMILES string of the molecule is Cc1ccc(C2=NC3(CCN(C(=O)COc4ccccc4C)CC3)ON2)cc1. The Morgan fingerprint density at radius 2 is 1.86 bits per heavy atom. The van der Waals surface area contributed by atoms with Crippen LogP contribution in [0.1, 0.15) is 29.5 Å². The first-order chi connectivity index (χ1) is 13.5. The third kappa shape index (κ3) is 3.87. The Hall–Kier alpha value is -2.86. The molecule has 146 valence electrons. The van der Waals surface area contributed by atoms with E-state index in [2.05, 4.69) is 24.5 Å². The lowest BCUT2D eigenvalue weighted by Crippen LogP contribution is -2.48. The van der Waals surface area contributed by atoms with Crippen molar-refractivity contribution in [2.24, 2.45) is 4.99 Å². The number of rotatable bonds is 4. The first-order valence-electron chi connectivity index (χ1n) is 9.62. The molecule has 0 unspecified atom stereocenters. The number of para-hydroxylation sites is 1. The Morgan fingerprint density at radius 1 is 1.14 bits per heavy atom. The molecule has 28 heavy (non-hydrogen) atoms. The molecule has 1 fully saturated rings. The summed E-state index contributed by atoms with van der Waals surface area (Å²) in [4.78, 5) is 25.0. The summed E-state index contributed by atoms with van der Waals surface area (Å²) in [6, 6.07) is 15.9. The van der Waals surface area contributed by atoms with Gasteiger partial charge in [-0.1, -0.05) is 48.0 Å². The molecule has 1 amide bonds. The van der Waals surface area contributed by atoms with E-state index in [1.165, 1.54) is 5.56 Å². The van der Waals surface area contributed by atoms with E-state index < -0.39 is 5.72 Å². The Labute approximate surface area is 165 Å². The van der Waals surface area contributed by atoms with E-state index in [9.17, 15) is 4.79 Å². The lowest BCUT2D eigenvalue weighted by atomic mass is 10.0. The molecular weight excluding hydrogens is 354 g/mol. The summed E-state index contributed by atoms with van der Waals surface area (Å²) >= 11 is 0. The van der Waals surface area contributed by atoms with Crippen LogP contribution in [0, 0.1) is 13.8 Å². The van der Waals surface area contributed by atoms with Crippen LogP contribution in [0.4, 0.5) is 0 Å². The molecule has 2 aliphatic heterocycles. The summed E-state index contributed by atoms with van der Waals surface area (Å²) in [5.41, 5.74) is 5.62. The number of likely N-dealkylation sites (tertiary alicyclic amines) is 1. The number of hydroxylamine groups is 1. The molecule has 0 saturated carbocycles. The Kier molecular flexibility index (Phi) is 5.05. The van der Waals surface area contributed by atoms with Crippen molar-refractivity contribution >= 4 is 11.7 Å².